The first-order valence-electron chi connectivity index (χ1n) is 8.94. The SMILES string of the molecule is Cc1nc(-c2ccncc2)[nH]c(=O)c1CC(=O)NCCCc1ccccc1. The monoisotopic (exact) mass is 362 g/mol. The van der Waals surface area contributed by atoms with Gasteiger partial charge in [0.25, 0.3) is 5.56 Å². The van der Waals surface area contributed by atoms with Gasteiger partial charge in [-0.1, -0.05) is 30.3 Å². The van der Waals surface area contributed by atoms with E-state index < -0.39 is 0 Å². The van der Waals surface area contributed by atoms with E-state index in [1.54, 1.807) is 31.5 Å². The van der Waals surface area contributed by atoms with E-state index in [-0.39, 0.29) is 17.9 Å². The molecular weight excluding hydrogens is 340 g/mol. The van der Waals surface area contributed by atoms with E-state index in [0.29, 0.717) is 23.6 Å². The molecule has 0 aliphatic heterocycles. The number of aromatic amines is 1. The molecule has 0 saturated heterocycles. The number of amides is 1. The lowest BCUT2D eigenvalue weighted by Crippen LogP contribution is -2.30. The van der Waals surface area contributed by atoms with E-state index in [4.69, 9.17) is 0 Å². The molecule has 0 unspecified atom stereocenters. The summed E-state index contributed by atoms with van der Waals surface area (Å²) >= 11 is 0. The van der Waals surface area contributed by atoms with E-state index in [1.807, 2.05) is 18.2 Å². The number of aryl methyl sites for hydroxylation is 2. The maximum absolute atomic E-state index is 12.4. The Morgan fingerprint density at radius 3 is 2.56 bits per heavy atom. The summed E-state index contributed by atoms with van der Waals surface area (Å²) in [7, 11) is 0. The summed E-state index contributed by atoms with van der Waals surface area (Å²) in [6.45, 7) is 2.32. The topological polar surface area (TPSA) is 87.7 Å². The normalized spacial score (nSPS) is 10.6. The number of carbonyl (C=O) groups is 1. The molecule has 1 aromatic carbocycles. The summed E-state index contributed by atoms with van der Waals surface area (Å²) in [5.74, 6) is 0.307. The van der Waals surface area contributed by atoms with Crippen LogP contribution in [0.4, 0.5) is 0 Å². The quantitative estimate of drug-likeness (QED) is 0.632. The highest BCUT2D eigenvalue weighted by Gasteiger charge is 2.13. The molecule has 6 heteroatoms. The number of H-pyrrole nitrogens is 1. The van der Waals surface area contributed by atoms with Gasteiger partial charge in [-0.3, -0.25) is 14.6 Å². The minimum Gasteiger partial charge on any atom is -0.356 e. The molecule has 138 valence electrons. The van der Waals surface area contributed by atoms with Gasteiger partial charge < -0.3 is 10.3 Å². The molecular formula is C21H22N4O2. The molecule has 0 radical (unpaired) electrons. The zero-order chi connectivity index (χ0) is 19.1. The highest BCUT2D eigenvalue weighted by Crippen LogP contribution is 2.13. The van der Waals surface area contributed by atoms with Gasteiger partial charge in [-0.05, 0) is 37.5 Å². The maximum Gasteiger partial charge on any atom is 0.255 e. The number of nitrogens with zero attached hydrogens (tertiary/aromatic N) is 2. The molecule has 27 heavy (non-hydrogen) atoms. The Morgan fingerprint density at radius 2 is 1.85 bits per heavy atom. The molecule has 0 bridgehead atoms. The van der Waals surface area contributed by atoms with Crippen LogP contribution in [-0.4, -0.2) is 27.4 Å². The van der Waals surface area contributed by atoms with Crippen molar-refractivity contribution in [2.24, 2.45) is 0 Å². The number of hydrogen-bond acceptors (Lipinski definition) is 4. The molecule has 1 amide bonds. The summed E-state index contributed by atoms with van der Waals surface area (Å²) < 4.78 is 0. The fraction of sp³-hybridized carbons (Fsp3) is 0.238. The average molecular weight is 362 g/mol. The number of aromatic nitrogens is 3. The third-order valence-corrected chi connectivity index (χ3v) is 4.32. The third-order valence-electron chi connectivity index (χ3n) is 4.32. The van der Waals surface area contributed by atoms with Crippen LogP contribution in [-0.2, 0) is 17.6 Å². The Balaban J connectivity index is 1.57. The standard InChI is InChI=1S/C21H22N4O2/c1-15-18(21(27)25-20(24-15)17-9-12-22-13-10-17)14-19(26)23-11-5-8-16-6-3-2-4-7-16/h2-4,6-7,9-10,12-13H,5,8,11,14H2,1H3,(H,23,26)(H,24,25,27). The van der Waals surface area contributed by atoms with Crippen molar-refractivity contribution in [2.45, 2.75) is 26.2 Å². The lowest BCUT2D eigenvalue weighted by Gasteiger charge is -2.08. The van der Waals surface area contributed by atoms with Crippen LogP contribution < -0.4 is 10.9 Å². The molecule has 2 heterocycles. The van der Waals surface area contributed by atoms with Gasteiger partial charge in [-0.2, -0.15) is 0 Å². The Hall–Kier alpha value is -3.28. The average Bonchev–Trinajstić information content (AvgIpc) is 2.69. The van der Waals surface area contributed by atoms with Crippen LogP contribution in [0.3, 0.4) is 0 Å². The summed E-state index contributed by atoms with van der Waals surface area (Å²) in [6, 6.07) is 13.7. The molecule has 0 aliphatic rings. The molecule has 0 spiro atoms. The second kappa shape index (κ2) is 8.89. The number of benzene rings is 1. The van der Waals surface area contributed by atoms with Gasteiger partial charge in [0.1, 0.15) is 5.82 Å². The van der Waals surface area contributed by atoms with Gasteiger partial charge >= 0.3 is 0 Å². The van der Waals surface area contributed by atoms with Crippen molar-refractivity contribution < 1.29 is 4.79 Å². The van der Waals surface area contributed by atoms with E-state index in [9.17, 15) is 9.59 Å². The van der Waals surface area contributed by atoms with Crippen LogP contribution in [0.1, 0.15) is 23.2 Å². The van der Waals surface area contributed by atoms with Crippen molar-refractivity contribution in [3.05, 3.63) is 82.0 Å². The van der Waals surface area contributed by atoms with E-state index >= 15 is 0 Å². The Labute approximate surface area is 157 Å². The van der Waals surface area contributed by atoms with Crippen LogP contribution in [0.15, 0.2) is 59.7 Å². The smallest absolute Gasteiger partial charge is 0.255 e. The van der Waals surface area contributed by atoms with Gasteiger partial charge in [-0.15, -0.1) is 0 Å². The first-order valence-corrected chi connectivity index (χ1v) is 8.94. The van der Waals surface area contributed by atoms with Gasteiger partial charge in [0, 0.05) is 35.8 Å². The number of pyridine rings is 1. The molecule has 0 fully saturated rings. The van der Waals surface area contributed by atoms with Crippen LogP contribution in [0, 0.1) is 6.92 Å². The molecule has 0 aliphatic carbocycles. The lowest BCUT2D eigenvalue weighted by atomic mass is 10.1. The Bertz CT molecular complexity index is 953. The number of rotatable bonds is 7. The predicted molar refractivity (Wildman–Crippen MR) is 104 cm³/mol. The molecule has 3 aromatic rings. The Kier molecular flexibility index (Phi) is 6.10. The van der Waals surface area contributed by atoms with Crippen LogP contribution >= 0.6 is 0 Å². The number of hydrogen-bond donors (Lipinski definition) is 2. The summed E-state index contributed by atoms with van der Waals surface area (Å²) in [5, 5.41) is 2.87. The highest BCUT2D eigenvalue weighted by atomic mass is 16.2. The highest BCUT2D eigenvalue weighted by molar-refractivity contribution is 5.78. The van der Waals surface area contributed by atoms with E-state index in [0.717, 1.165) is 18.4 Å². The van der Waals surface area contributed by atoms with Crippen molar-refractivity contribution in [2.75, 3.05) is 6.54 Å². The van der Waals surface area contributed by atoms with Gasteiger partial charge in [0.05, 0.1) is 6.42 Å². The van der Waals surface area contributed by atoms with E-state index in [1.165, 1.54) is 5.56 Å². The molecule has 2 N–H and O–H groups in total. The minimum absolute atomic E-state index is 0.0239. The first-order chi connectivity index (χ1) is 13.1. The largest absolute Gasteiger partial charge is 0.356 e. The second-order valence-corrected chi connectivity index (χ2v) is 6.33. The molecule has 0 atom stereocenters. The van der Waals surface area contributed by atoms with Crippen molar-refractivity contribution in [1.82, 2.24) is 20.3 Å². The van der Waals surface area contributed by atoms with Crippen molar-refractivity contribution in [1.29, 1.82) is 0 Å². The Morgan fingerprint density at radius 1 is 1.11 bits per heavy atom. The first kappa shape index (κ1) is 18.5. The third kappa shape index (κ3) is 5.10. The summed E-state index contributed by atoms with van der Waals surface area (Å²) in [4.78, 5) is 35.7. The second-order valence-electron chi connectivity index (χ2n) is 6.33. The lowest BCUT2D eigenvalue weighted by molar-refractivity contribution is -0.120. The maximum atomic E-state index is 12.4. The molecule has 0 saturated carbocycles. The van der Waals surface area contributed by atoms with E-state index in [2.05, 4.69) is 32.4 Å². The van der Waals surface area contributed by atoms with Crippen LogP contribution in [0.2, 0.25) is 0 Å². The summed E-state index contributed by atoms with van der Waals surface area (Å²) in [6.07, 6.45) is 5.06. The van der Waals surface area contributed by atoms with Crippen molar-refractivity contribution in [3.8, 4) is 11.4 Å². The van der Waals surface area contributed by atoms with Gasteiger partial charge in [0.15, 0.2) is 0 Å². The fourth-order valence-corrected chi connectivity index (χ4v) is 2.85. The zero-order valence-corrected chi connectivity index (χ0v) is 15.2. The molecule has 2 aromatic heterocycles. The minimum atomic E-state index is -0.284. The van der Waals surface area contributed by atoms with Crippen LogP contribution in [0.5, 0.6) is 0 Å². The van der Waals surface area contributed by atoms with Gasteiger partial charge in [0.2, 0.25) is 5.91 Å². The molecule has 6 nitrogen and oxygen atoms in total. The van der Waals surface area contributed by atoms with Gasteiger partial charge in [-0.25, -0.2) is 4.98 Å². The number of nitrogens with one attached hydrogen (secondary N) is 2. The van der Waals surface area contributed by atoms with Crippen LogP contribution in [0.25, 0.3) is 11.4 Å². The summed E-state index contributed by atoms with van der Waals surface area (Å²) in [5.41, 5.74) is 2.70. The fourth-order valence-electron chi connectivity index (χ4n) is 2.85. The van der Waals surface area contributed by atoms with Crippen molar-refractivity contribution >= 4 is 5.91 Å². The number of carbonyl (C=O) groups excluding carboxylic acids is 1. The predicted octanol–water partition coefficient (Wildman–Crippen LogP) is 2.43. The molecule has 3 rings (SSSR count). The van der Waals surface area contributed by atoms with Crippen molar-refractivity contribution in [3.63, 3.8) is 0 Å². The zero-order valence-electron chi connectivity index (χ0n) is 15.2.